The summed E-state index contributed by atoms with van der Waals surface area (Å²) in [4.78, 5) is 17.6. The van der Waals surface area contributed by atoms with Crippen molar-refractivity contribution in [2.24, 2.45) is 0 Å². The summed E-state index contributed by atoms with van der Waals surface area (Å²) in [7, 11) is 1.42. The van der Waals surface area contributed by atoms with Crippen molar-refractivity contribution in [3.63, 3.8) is 0 Å². The first-order chi connectivity index (χ1) is 18.3. The number of hydrogen-bond acceptors (Lipinski definition) is 10. The van der Waals surface area contributed by atoms with Crippen LogP contribution in [0.2, 0.25) is 0 Å². The number of aliphatic hydroxyl groups is 1. The van der Waals surface area contributed by atoms with Gasteiger partial charge in [0, 0.05) is 22.9 Å². The quantitative estimate of drug-likeness (QED) is 0.120. The van der Waals surface area contributed by atoms with Crippen molar-refractivity contribution in [3.8, 4) is 33.4 Å². The molecule has 0 aliphatic rings. The number of rotatable bonds is 8. The highest BCUT2D eigenvalue weighted by Crippen LogP contribution is 2.37. The van der Waals surface area contributed by atoms with Crippen LogP contribution in [-0.2, 0) is 15.9 Å². The Bertz CT molecular complexity index is 1650. The number of anilines is 1. The largest absolute Gasteiger partial charge is 0.768 e. The lowest BCUT2D eigenvalue weighted by Crippen LogP contribution is -2.24. The maximum absolute atomic E-state index is 13.2. The Labute approximate surface area is 225 Å². The number of thiazole rings is 1. The number of furan rings is 2. The molecule has 0 bridgehead atoms. The van der Waals surface area contributed by atoms with Crippen LogP contribution in [-0.4, -0.2) is 31.8 Å². The molecule has 9 nitrogen and oxygen atoms in total. The zero-order chi connectivity index (χ0) is 26.8. The van der Waals surface area contributed by atoms with Crippen LogP contribution in [0.1, 0.15) is 4.88 Å². The summed E-state index contributed by atoms with van der Waals surface area (Å²) < 4.78 is 48.0. The molecule has 38 heavy (non-hydrogen) atoms. The molecule has 4 heterocycles. The van der Waals surface area contributed by atoms with Crippen LogP contribution >= 0.6 is 22.7 Å². The molecule has 1 unspecified atom stereocenters. The number of carbonyl (C=O) groups is 1. The van der Waals surface area contributed by atoms with Crippen molar-refractivity contribution in [2.75, 3.05) is 12.4 Å². The molecule has 0 fully saturated rings. The van der Waals surface area contributed by atoms with Crippen molar-refractivity contribution >= 4 is 50.6 Å². The molecule has 1 atom stereocenters. The average molecular weight is 571 g/mol. The minimum absolute atomic E-state index is 0.0204. The van der Waals surface area contributed by atoms with Gasteiger partial charge in [0.2, 0.25) is 0 Å². The summed E-state index contributed by atoms with van der Waals surface area (Å²) in [5, 5.41) is 18.0. The second kappa shape index (κ2) is 10.8. The molecule has 5 aromatic rings. The Balaban J connectivity index is 1.38. The monoisotopic (exact) mass is 570 g/mol. The standard InChI is InChI=1S/C25H18FN3O6S3/c1-27-21(22(30)23-20(38(32)33)11-19(37-23)18-3-2-10-34-18)24(31)29-25-28-15(12-36-25)17-9-8-16(35-17)13-4-6-14(26)7-5-13/h2-12,27,30H,1H3,(H,32,33)(H,28,29,31)/p-1/b22-21+. The molecule has 4 aromatic heterocycles. The number of halogens is 1. The number of nitrogens with zero attached hydrogens (tertiary/aromatic N) is 1. The van der Waals surface area contributed by atoms with E-state index < -0.39 is 22.7 Å². The number of likely N-dealkylation sites (N-methyl/N-ethyl adjacent to an activating group) is 1. The minimum atomic E-state index is -2.68. The van der Waals surface area contributed by atoms with E-state index >= 15 is 0 Å². The number of carbonyl (C=O) groups excluding carboxylic acids is 1. The summed E-state index contributed by atoms with van der Waals surface area (Å²) in [6.45, 7) is 0. The third kappa shape index (κ3) is 5.17. The van der Waals surface area contributed by atoms with Gasteiger partial charge >= 0.3 is 0 Å². The van der Waals surface area contributed by atoms with E-state index in [0.717, 1.165) is 22.7 Å². The molecule has 1 amide bonds. The van der Waals surface area contributed by atoms with E-state index in [1.807, 2.05) is 0 Å². The summed E-state index contributed by atoms with van der Waals surface area (Å²) in [5.74, 6) is -0.227. The molecule has 0 aliphatic carbocycles. The average Bonchev–Trinajstić information content (AvgIpc) is 3.71. The lowest BCUT2D eigenvalue weighted by Gasteiger charge is -2.11. The van der Waals surface area contributed by atoms with Gasteiger partial charge in [-0.15, -0.1) is 22.7 Å². The zero-order valence-electron chi connectivity index (χ0n) is 19.4. The number of nitrogens with one attached hydrogen (secondary N) is 2. The first kappa shape index (κ1) is 25.6. The van der Waals surface area contributed by atoms with Crippen molar-refractivity contribution in [1.82, 2.24) is 10.3 Å². The Morgan fingerprint density at radius 2 is 1.89 bits per heavy atom. The molecule has 1 aromatic carbocycles. The van der Waals surface area contributed by atoms with Gasteiger partial charge in [-0.05, 0) is 65.7 Å². The lowest BCUT2D eigenvalue weighted by atomic mass is 10.2. The van der Waals surface area contributed by atoms with E-state index in [1.54, 1.807) is 41.8 Å². The van der Waals surface area contributed by atoms with Gasteiger partial charge in [0.25, 0.3) is 5.91 Å². The summed E-state index contributed by atoms with van der Waals surface area (Å²) >= 11 is -0.582. The minimum Gasteiger partial charge on any atom is -0.768 e. The van der Waals surface area contributed by atoms with Gasteiger partial charge in [0.1, 0.15) is 28.7 Å². The fraction of sp³-hybridized carbons (Fsp3) is 0.0400. The third-order valence-corrected chi connectivity index (χ3v) is 8.01. The highest BCUT2D eigenvalue weighted by molar-refractivity contribution is 7.79. The van der Waals surface area contributed by atoms with Crippen LogP contribution in [0.5, 0.6) is 0 Å². The zero-order valence-corrected chi connectivity index (χ0v) is 21.8. The van der Waals surface area contributed by atoms with Crippen LogP contribution < -0.4 is 10.6 Å². The number of amides is 1. The number of hydrogen-bond donors (Lipinski definition) is 3. The van der Waals surface area contributed by atoms with Gasteiger partial charge in [0.15, 0.2) is 16.7 Å². The fourth-order valence-electron chi connectivity index (χ4n) is 3.51. The van der Waals surface area contributed by atoms with Gasteiger partial charge in [0.05, 0.1) is 16.0 Å². The van der Waals surface area contributed by atoms with E-state index in [9.17, 15) is 23.1 Å². The highest BCUT2D eigenvalue weighted by atomic mass is 32.2. The predicted octanol–water partition coefficient (Wildman–Crippen LogP) is 5.85. The van der Waals surface area contributed by atoms with Gasteiger partial charge in [-0.1, -0.05) is 0 Å². The van der Waals surface area contributed by atoms with Crippen molar-refractivity contribution in [2.45, 2.75) is 4.90 Å². The molecule has 5 rings (SSSR count). The molecule has 13 heteroatoms. The topological polar surface area (TPSA) is 141 Å². The van der Waals surface area contributed by atoms with Crippen LogP contribution in [0.15, 0.2) is 85.7 Å². The Kier molecular flexibility index (Phi) is 7.24. The molecule has 0 aliphatic heterocycles. The second-order valence-electron chi connectivity index (χ2n) is 7.65. The van der Waals surface area contributed by atoms with Crippen molar-refractivity contribution in [3.05, 3.63) is 82.6 Å². The first-order valence-electron chi connectivity index (χ1n) is 10.9. The number of benzene rings is 1. The first-order valence-corrected chi connectivity index (χ1v) is 13.6. The lowest BCUT2D eigenvalue weighted by molar-refractivity contribution is -0.113. The Morgan fingerprint density at radius 3 is 2.58 bits per heavy atom. The van der Waals surface area contributed by atoms with Gasteiger partial charge in [-0.3, -0.25) is 14.3 Å². The maximum atomic E-state index is 13.2. The van der Waals surface area contributed by atoms with Crippen LogP contribution in [0.25, 0.3) is 39.2 Å². The van der Waals surface area contributed by atoms with E-state index in [-0.39, 0.29) is 26.4 Å². The molecule has 194 valence electrons. The summed E-state index contributed by atoms with van der Waals surface area (Å²) in [6.07, 6.45) is 1.44. The molecule has 0 spiro atoms. The van der Waals surface area contributed by atoms with E-state index in [2.05, 4.69) is 15.6 Å². The second-order valence-corrected chi connectivity index (χ2v) is 10.5. The van der Waals surface area contributed by atoms with Crippen LogP contribution in [0.4, 0.5) is 9.52 Å². The molecular formula is C25H17FN3O6S3-. The molecule has 0 saturated heterocycles. The Morgan fingerprint density at radius 1 is 1.13 bits per heavy atom. The van der Waals surface area contributed by atoms with E-state index in [4.69, 9.17) is 8.83 Å². The SMILES string of the molecule is CN/C(C(=O)Nc1nc(-c2ccc(-c3ccc(F)cc3)o2)cs1)=C(/O)c1sc(-c2ccco2)cc1S(=O)[O-]. The molecule has 0 saturated carbocycles. The van der Waals surface area contributed by atoms with Crippen molar-refractivity contribution < 1.29 is 31.9 Å². The smallest absolute Gasteiger partial charge is 0.277 e. The molecule has 3 N–H and O–H groups in total. The predicted molar refractivity (Wildman–Crippen MR) is 142 cm³/mol. The fourth-order valence-corrected chi connectivity index (χ4v) is 6.04. The normalized spacial score (nSPS) is 12.7. The molecule has 0 radical (unpaired) electrons. The summed E-state index contributed by atoms with van der Waals surface area (Å²) in [5.41, 5.74) is 0.906. The van der Waals surface area contributed by atoms with Gasteiger partial charge in [-0.2, -0.15) is 0 Å². The van der Waals surface area contributed by atoms with Gasteiger partial charge in [-0.25, -0.2) is 9.37 Å². The summed E-state index contributed by atoms with van der Waals surface area (Å²) in [6, 6.07) is 14.0. The van der Waals surface area contributed by atoms with Crippen molar-refractivity contribution in [1.29, 1.82) is 0 Å². The van der Waals surface area contributed by atoms with E-state index in [1.165, 1.54) is 31.5 Å². The number of aliphatic hydroxyl groups excluding tert-OH is 1. The third-order valence-electron chi connectivity index (χ3n) is 5.28. The number of aromatic nitrogens is 1. The maximum Gasteiger partial charge on any atom is 0.277 e. The van der Waals surface area contributed by atoms with Crippen LogP contribution in [0.3, 0.4) is 0 Å². The van der Waals surface area contributed by atoms with Crippen LogP contribution in [0, 0.1) is 5.82 Å². The Hall–Kier alpha value is -4.04. The molecular weight excluding hydrogens is 553 g/mol. The van der Waals surface area contributed by atoms with Gasteiger partial charge < -0.3 is 23.8 Å². The number of thiophene rings is 1. The highest BCUT2D eigenvalue weighted by Gasteiger charge is 2.23. The van der Waals surface area contributed by atoms with E-state index in [0.29, 0.717) is 33.4 Å².